The first-order valence-electron chi connectivity index (χ1n) is 8.77. The molecule has 3 rings (SSSR count). The fourth-order valence-electron chi connectivity index (χ4n) is 2.74. The number of fused-ring (bicyclic) bond motifs is 1. The van der Waals surface area contributed by atoms with Crippen molar-refractivity contribution in [3.63, 3.8) is 0 Å². The number of likely N-dealkylation sites (N-methyl/N-ethyl adjacent to an activating group) is 1. The number of halogens is 2. The van der Waals surface area contributed by atoms with Gasteiger partial charge in [-0.05, 0) is 37.4 Å². The van der Waals surface area contributed by atoms with Crippen molar-refractivity contribution in [3.05, 3.63) is 51.2 Å². The van der Waals surface area contributed by atoms with E-state index in [0.717, 1.165) is 23.3 Å². The molecule has 0 unspecified atom stereocenters. The van der Waals surface area contributed by atoms with Crippen molar-refractivity contribution in [3.8, 4) is 0 Å². The van der Waals surface area contributed by atoms with E-state index in [1.165, 1.54) is 28.4 Å². The maximum atomic E-state index is 13.0. The van der Waals surface area contributed by atoms with Gasteiger partial charge in [-0.2, -0.15) is 0 Å². The van der Waals surface area contributed by atoms with E-state index in [0.29, 0.717) is 23.2 Å². The molecule has 0 saturated heterocycles. The predicted molar refractivity (Wildman–Crippen MR) is 117 cm³/mol. The molecule has 1 amide bonds. The number of benzene rings is 1. The summed E-state index contributed by atoms with van der Waals surface area (Å²) < 4.78 is 5.97. The van der Waals surface area contributed by atoms with Gasteiger partial charge in [0.15, 0.2) is 10.9 Å². The van der Waals surface area contributed by atoms with Gasteiger partial charge >= 0.3 is 5.88 Å². The number of nitrogens with zero attached hydrogens (tertiary/aromatic N) is 4. The molecule has 0 aliphatic rings. The van der Waals surface area contributed by atoms with Crippen molar-refractivity contribution in [2.75, 3.05) is 31.1 Å². The quantitative estimate of drug-likeness (QED) is 0.353. The van der Waals surface area contributed by atoms with E-state index in [9.17, 15) is 14.9 Å². The summed E-state index contributed by atoms with van der Waals surface area (Å²) in [5, 5.41) is 12.0. The Morgan fingerprint density at radius 3 is 2.59 bits per heavy atom. The fourth-order valence-corrected chi connectivity index (χ4v) is 4.01. The van der Waals surface area contributed by atoms with Crippen LogP contribution in [-0.4, -0.2) is 46.9 Å². The number of rotatable bonds is 8. The van der Waals surface area contributed by atoms with Crippen molar-refractivity contribution in [1.29, 1.82) is 0 Å². The van der Waals surface area contributed by atoms with E-state index in [2.05, 4.69) is 9.88 Å². The third-order valence-electron chi connectivity index (χ3n) is 4.33. The van der Waals surface area contributed by atoms with Crippen molar-refractivity contribution in [2.45, 2.75) is 13.8 Å². The Morgan fingerprint density at radius 2 is 1.97 bits per heavy atom. The molecule has 8 nitrogen and oxygen atoms in total. The number of hydrogen-bond donors (Lipinski definition) is 0. The Kier molecular flexibility index (Phi) is 7.97. The summed E-state index contributed by atoms with van der Waals surface area (Å²) in [7, 11) is 0. The minimum atomic E-state index is -0.670. The Hall–Kier alpha value is -2.20. The lowest BCUT2D eigenvalue weighted by atomic mass is 10.3. The zero-order valence-corrected chi connectivity index (χ0v) is 18.2. The molecule has 0 spiro atoms. The molecule has 0 radical (unpaired) electrons. The lowest BCUT2D eigenvalue weighted by Gasteiger charge is -2.23. The van der Waals surface area contributed by atoms with Gasteiger partial charge in [0.1, 0.15) is 4.92 Å². The molecule has 0 aliphatic heterocycles. The minimum Gasteiger partial charge on any atom is -0.395 e. The molecule has 2 aromatic heterocycles. The molecule has 29 heavy (non-hydrogen) atoms. The summed E-state index contributed by atoms with van der Waals surface area (Å²) in [5.41, 5.74) is 0.732. The molecule has 0 saturated carbocycles. The molecule has 0 atom stereocenters. The number of carbonyl (C=O) groups is 1. The second-order valence-corrected chi connectivity index (χ2v) is 7.43. The third-order valence-corrected chi connectivity index (χ3v) is 5.61. The zero-order chi connectivity index (χ0) is 20.3. The highest BCUT2D eigenvalue weighted by atomic mass is 35.5. The van der Waals surface area contributed by atoms with Gasteiger partial charge < -0.3 is 9.32 Å². The Bertz CT molecular complexity index is 1000. The summed E-state index contributed by atoms with van der Waals surface area (Å²) >= 11 is 7.39. The highest BCUT2D eigenvalue weighted by molar-refractivity contribution is 7.22. The van der Waals surface area contributed by atoms with E-state index >= 15 is 0 Å². The van der Waals surface area contributed by atoms with Crippen LogP contribution in [0, 0.1) is 10.1 Å². The SMILES string of the molecule is CCN(CC)CCN(C(=O)c1ccc([N+](=O)[O-])o1)c1nc2ccc(Cl)cc2s1.Cl. The Labute approximate surface area is 182 Å². The molecular formula is C18H20Cl2N4O4S. The number of anilines is 1. The van der Waals surface area contributed by atoms with E-state index in [1.54, 1.807) is 18.2 Å². The van der Waals surface area contributed by atoms with Gasteiger partial charge in [-0.3, -0.25) is 19.8 Å². The Balaban J connectivity index is 0.00000300. The van der Waals surface area contributed by atoms with Crippen LogP contribution in [-0.2, 0) is 0 Å². The molecule has 1 aromatic carbocycles. The highest BCUT2D eigenvalue weighted by Gasteiger charge is 2.26. The molecular weight excluding hydrogens is 439 g/mol. The molecule has 3 aromatic rings. The molecule has 0 aliphatic carbocycles. The van der Waals surface area contributed by atoms with E-state index in [4.69, 9.17) is 16.0 Å². The summed E-state index contributed by atoms with van der Waals surface area (Å²) in [6.45, 7) is 6.80. The number of nitro groups is 1. The lowest BCUT2D eigenvalue weighted by Crippen LogP contribution is -2.38. The van der Waals surface area contributed by atoms with Crippen LogP contribution in [0.5, 0.6) is 0 Å². The van der Waals surface area contributed by atoms with E-state index < -0.39 is 16.7 Å². The van der Waals surface area contributed by atoms with Crippen LogP contribution in [0.2, 0.25) is 5.02 Å². The molecule has 0 fully saturated rings. The summed E-state index contributed by atoms with van der Waals surface area (Å²) in [6, 6.07) is 7.82. The number of aromatic nitrogens is 1. The predicted octanol–water partition coefficient (Wildman–Crippen LogP) is 4.86. The van der Waals surface area contributed by atoms with Gasteiger partial charge in [0.05, 0.1) is 16.3 Å². The Morgan fingerprint density at radius 1 is 1.24 bits per heavy atom. The van der Waals surface area contributed by atoms with Crippen molar-refractivity contribution < 1.29 is 14.1 Å². The van der Waals surface area contributed by atoms with Crippen molar-refractivity contribution >= 4 is 62.5 Å². The summed E-state index contributed by atoms with van der Waals surface area (Å²) in [4.78, 5) is 31.5. The average Bonchev–Trinajstić information content (AvgIpc) is 3.31. The fraction of sp³-hybridized carbons (Fsp3) is 0.333. The van der Waals surface area contributed by atoms with E-state index in [-0.39, 0.29) is 18.2 Å². The lowest BCUT2D eigenvalue weighted by molar-refractivity contribution is -0.402. The highest BCUT2D eigenvalue weighted by Crippen LogP contribution is 2.32. The normalized spacial score (nSPS) is 10.9. The number of amides is 1. The first kappa shape index (κ1) is 23.1. The van der Waals surface area contributed by atoms with Crippen LogP contribution in [0.1, 0.15) is 24.4 Å². The van der Waals surface area contributed by atoms with Crippen LogP contribution >= 0.6 is 35.3 Å². The van der Waals surface area contributed by atoms with Crippen molar-refractivity contribution in [2.24, 2.45) is 0 Å². The maximum absolute atomic E-state index is 13.0. The third kappa shape index (κ3) is 5.24. The standard InChI is InChI=1S/C18H19ClN4O4S.ClH/c1-3-21(4-2)9-10-22(17(24)14-7-8-16(27-14)23(25)26)18-20-13-6-5-12(19)11-15(13)28-18;/h5-8,11H,3-4,9-10H2,1-2H3;1H. The first-order chi connectivity index (χ1) is 13.4. The largest absolute Gasteiger partial charge is 0.433 e. The van der Waals surface area contributed by atoms with Gasteiger partial charge in [0.2, 0.25) is 0 Å². The molecule has 0 bridgehead atoms. The molecule has 156 valence electrons. The van der Waals surface area contributed by atoms with Crippen LogP contribution < -0.4 is 4.90 Å². The smallest absolute Gasteiger partial charge is 0.395 e. The average molecular weight is 459 g/mol. The molecule has 11 heteroatoms. The van der Waals surface area contributed by atoms with Crippen LogP contribution in [0.3, 0.4) is 0 Å². The first-order valence-corrected chi connectivity index (χ1v) is 9.97. The molecule has 0 N–H and O–H groups in total. The van der Waals surface area contributed by atoms with Crippen molar-refractivity contribution in [1.82, 2.24) is 9.88 Å². The second-order valence-electron chi connectivity index (χ2n) is 5.99. The van der Waals surface area contributed by atoms with Crippen LogP contribution in [0.4, 0.5) is 11.0 Å². The van der Waals surface area contributed by atoms with Gasteiger partial charge in [0.25, 0.3) is 5.91 Å². The van der Waals surface area contributed by atoms with Crippen LogP contribution in [0.25, 0.3) is 10.2 Å². The second kappa shape index (κ2) is 10.0. The van der Waals surface area contributed by atoms with Crippen LogP contribution in [0.15, 0.2) is 34.7 Å². The van der Waals surface area contributed by atoms with Gasteiger partial charge in [0, 0.05) is 18.1 Å². The van der Waals surface area contributed by atoms with Gasteiger partial charge in [-0.25, -0.2) is 4.98 Å². The topological polar surface area (TPSA) is 92.7 Å². The summed E-state index contributed by atoms with van der Waals surface area (Å²) in [6.07, 6.45) is 0. The number of thiazole rings is 1. The van der Waals surface area contributed by atoms with Gasteiger partial charge in [-0.15, -0.1) is 12.4 Å². The number of carbonyl (C=O) groups excluding carboxylic acids is 1. The molecule has 2 heterocycles. The number of furan rings is 1. The summed E-state index contributed by atoms with van der Waals surface area (Å²) in [5.74, 6) is -1.03. The minimum absolute atomic E-state index is 0. The van der Waals surface area contributed by atoms with E-state index in [1.807, 2.05) is 13.8 Å². The maximum Gasteiger partial charge on any atom is 0.433 e. The van der Waals surface area contributed by atoms with Gasteiger partial charge in [-0.1, -0.05) is 36.8 Å². The number of hydrogen-bond acceptors (Lipinski definition) is 7. The monoisotopic (exact) mass is 458 g/mol. The zero-order valence-electron chi connectivity index (χ0n) is 15.8.